The van der Waals surface area contributed by atoms with Crippen molar-refractivity contribution in [3.63, 3.8) is 0 Å². The van der Waals surface area contributed by atoms with E-state index in [1.54, 1.807) is 33.8 Å². The molecule has 19 heavy (non-hydrogen) atoms. The van der Waals surface area contributed by atoms with Gasteiger partial charge < -0.3 is 4.55 Å². The van der Waals surface area contributed by atoms with Gasteiger partial charge in [-0.05, 0) is 51.0 Å². The molecule has 0 amide bonds. The second-order valence-electron chi connectivity index (χ2n) is 5.57. The molecule has 2 rings (SSSR count). The van der Waals surface area contributed by atoms with Crippen LogP contribution in [0.15, 0.2) is 23.1 Å². The summed E-state index contributed by atoms with van der Waals surface area (Å²) >= 11 is 0. The van der Waals surface area contributed by atoms with Gasteiger partial charge in [-0.25, -0.2) is 8.42 Å². The van der Waals surface area contributed by atoms with Crippen molar-refractivity contribution in [1.82, 2.24) is 5.06 Å². The van der Waals surface area contributed by atoms with Crippen LogP contribution < -0.4 is 29.6 Å². The van der Waals surface area contributed by atoms with Gasteiger partial charge >= 0.3 is 29.6 Å². The number of rotatable bonds is 1. The van der Waals surface area contributed by atoms with E-state index in [2.05, 4.69) is 0 Å². The molecule has 1 radical (unpaired) electrons. The largest absolute Gasteiger partial charge is 1.00 e. The third kappa shape index (κ3) is 2.51. The Labute approximate surface area is 135 Å². The maximum Gasteiger partial charge on any atom is 1.00 e. The molecule has 5 nitrogen and oxygen atoms in total. The summed E-state index contributed by atoms with van der Waals surface area (Å²) in [4.78, 5) is -0.291. The Bertz CT molecular complexity index is 610. The van der Waals surface area contributed by atoms with E-state index in [0.29, 0.717) is 5.56 Å². The van der Waals surface area contributed by atoms with Gasteiger partial charge in [0.15, 0.2) is 0 Å². The second kappa shape index (κ2) is 4.80. The Morgan fingerprint density at radius 1 is 1.05 bits per heavy atom. The van der Waals surface area contributed by atoms with E-state index in [1.165, 1.54) is 12.1 Å². The van der Waals surface area contributed by atoms with Crippen molar-refractivity contribution >= 4 is 10.1 Å². The minimum absolute atomic E-state index is 0. The molecular formula is C12H15NNaO4S. The monoisotopic (exact) mass is 292 g/mol. The molecule has 0 aliphatic carbocycles. The molecule has 0 saturated carbocycles. The zero-order valence-corrected chi connectivity index (χ0v) is 14.5. The van der Waals surface area contributed by atoms with Crippen LogP contribution in [0, 0.1) is 0 Å². The molecule has 0 atom stereocenters. The average Bonchev–Trinajstić information content (AvgIpc) is 2.37. The van der Waals surface area contributed by atoms with Crippen LogP contribution in [-0.4, -0.2) is 18.0 Å². The van der Waals surface area contributed by atoms with Crippen LogP contribution in [0.1, 0.15) is 38.8 Å². The number of hydrogen-bond donors (Lipinski definition) is 0. The summed E-state index contributed by atoms with van der Waals surface area (Å²) in [5, 5.41) is 13.2. The molecule has 0 N–H and O–H groups in total. The van der Waals surface area contributed by atoms with Crippen molar-refractivity contribution in [3.05, 3.63) is 29.3 Å². The van der Waals surface area contributed by atoms with Crippen molar-refractivity contribution in [2.75, 3.05) is 0 Å². The smallest absolute Gasteiger partial charge is 0.744 e. The number of fused-ring (bicyclic) bond motifs is 1. The summed E-state index contributed by atoms with van der Waals surface area (Å²) in [6.07, 6.45) is 0. The van der Waals surface area contributed by atoms with Crippen LogP contribution in [0.5, 0.6) is 0 Å². The Hall–Kier alpha value is 0.0500. The van der Waals surface area contributed by atoms with Gasteiger partial charge in [0.2, 0.25) is 0 Å². The quantitative estimate of drug-likeness (QED) is 0.477. The van der Waals surface area contributed by atoms with E-state index < -0.39 is 21.2 Å². The van der Waals surface area contributed by atoms with Crippen LogP contribution in [0.2, 0.25) is 0 Å². The van der Waals surface area contributed by atoms with E-state index in [0.717, 1.165) is 10.6 Å². The first-order valence-corrected chi connectivity index (χ1v) is 6.98. The molecule has 99 valence electrons. The number of hydroxylamine groups is 2. The van der Waals surface area contributed by atoms with Gasteiger partial charge in [-0.1, -0.05) is 6.07 Å². The Kier molecular flexibility index (Phi) is 4.32. The Balaban J connectivity index is 0.00000180. The van der Waals surface area contributed by atoms with Crippen LogP contribution in [-0.2, 0) is 26.4 Å². The number of benzene rings is 1. The first-order valence-electron chi connectivity index (χ1n) is 5.57. The first-order chi connectivity index (χ1) is 7.99. The molecule has 1 aromatic carbocycles. The normalized spacial score (nSPS) is 20.7. The van der Waals surface area contributed by atoms with Crippen molar-refractivity contribution in [2.24, 2.45) is 0 Å². The third-order valence-electron chi connectivity index (χ3n) is 3.61. The zero-order chi connectivity index (χ0) is 13.9. The topological polar surface area (TPSA) is 80.3 Å². The molecule has 0 saturated heterocycles. The van der Waals surface area contributed by atoms with E-state index >= 15 is 0 Å². The number of nitrogens with zero attached hydrogens (tertiary/aromatic N) is 1. The van der Waals surface area contributed by atoms with E-state index in [9.17, 15) is 18.2 Å². The zero-order valence-electron chi connectivity index (χ0n) is 11.7. The van der Waals surface area contributed by atoms with Crippen LogP contribution >= 0.6 is 0 Å². The van der Waals surface area contributed by atoms with Gasteiger partial charge in [0.05, 0.1) is 16.0 Å². The molecule has 1 aliphatic heterocycles. The predicted octanol–water partition coefficient (Wildman–Crippen LogP) is -1.27. The molecule has 1 aromatic rings. The molecule has 0 bridgehead atoms. The maximum atomic E-state index is 12.3. The molecule has 7 heteroatoms. The third-order valence-corrected chi connectivity index (χ3v) is 4.44. The SMILES string of the molecule is CC1(C)c2ccc(S(=O)(=O)[O-])cc2C(C)(C)N1[O].[Na+]. The molecule has 0 fully saturated rings. The maximum absolute atomic E-state index is 12.3. The van der Waals surface area contributed by atoms with E-state index in [4.69, 9.17) is 0 Å². The van der Waals surface area contributed by atoms with Crippen LogP contribution in [0.3, 0.4) is 0 Å². The van der Waals surface area contributed by atoms with Gasteiger partial charge in [0.1, 0.15) is 10.1 Å². The van der Waals surface area contributed by atoms with Gasteiger partial charge in [-0.15, -0.1) is 10.3 Å². The van der Waals surface area contributed by atoms with E-state index in [1.807, 2.05) is 0 Å². The van der Waals surface area contributed by atoms with E-state index in [-0.39, 0.29) is 34.5 Å². The second-order valence-corrected chi connectivity index (χ2v) is 6.95. The summed E-state index contributed by atoms with van der Waals surface area (Å²) in [7, 11) is -4.50. The molecule has 0 aromatic heterocycles. The summed E-state index contributed by atoms with van der Waals surface area (Å²) < 4.78 is 33.1. The fraction of sp³-hybridized carbons (Fsp3) is 0.500. The van der Waals surface area contributed by atoms with Crippen LogP contribution in [0.4, 0.5) is 0 Å². The van der Waals surface area contributed by atoms with Crippen LogP contribution in [0.25, 0.3) is 0 Å². The standard InChI is InChI=1S/C12H16NO4S.Na/c1-11(2)9-6-5-8(18(15,16)17)7-10(9)12(3,4)13(11)14;/h5-7H,1-4H3,(H,15,16,17);/q;+1/p-1. The van der Waals surface area contributed by atoms with Crippen molar-refractivity contribution < 1.29 is 47.7 Å². The van der Waals surface area contributed by atoms with Crippen molar-refractivity contribution in [1.29, 1.82) is 0 Å². The van der Waals surface area contributed by atoms with Gasteiger partial charge in [-0.2, -0.15) is 0 Å². The van der Waals surface area contributed by atoms with Gasteiger partial charge in [-0.3, -0.25) is 0 Å². The van der Waals surface area contributed by atoms with Gasteiger partial charge in [0.25, 0.3) is 0 Å². The van der Waals surface area contributed by atoms with Gasteiger partial charge in [0, 0.05) is 0 Å². The summed E-state index contributed by atoms with van der Waals surface area (Å²) in [5.74, 6) is 0. The molecule has 0 spiro atoms. The minimum Gasteiger partial charge on any atom is -0.744 e. The first kappa shape index (κ1) is 17.1. The molecule has 1 heterocycles. The molecule has 0 unspecified atom stereocenters. The van der Waals surface area contributed by atoms with Crippen molar-refractivity contribution in [2.45, 2.75) is 43.7 Å². The fourth-order valence-corrected chi connectivity index (χ4v) is 3.13. The molecular weight excluding hydrogens is 277 g/mol. The summed E-state index contributed by atoms with van der Waals surface area (Å²) in [5.41, 5.74) is -0.224. The predicted molar refractivity (Wildman–Crippen MR) is 63.0 cm³/mol. The fourth-order valence-electron chi connectivity index (χ4n) is 2.64. The Morgan fingerprint density at radius 2 is 1.53 bits per heavy atom. The summed E-state index contributed by atoms with van der Waals surface area (Å²) in [6, 6.07) is 4.13. The number of hydrogen-bond acceptors (Lipinski definition) is 4. The van der Waals surface area contributed by atoms with Crippen molar-refractivity contribution in [3.8, 4) is 0 Å². The summed E-state index contributed by atoms with van der Waals surface area (Å²) in [6.45, 7) is 6.99. The average molecular weight is 292 g/mol. The molecule has 1 aliphatic rings. The Morgan fingerprint density at radius 3 is 2.00 bits per heavy atom. The minimum atomic E-state index is -4.50.